The molecule has 9 nitrogen and oxygen atoms in total. The van der Waals surface area contributed by atoms with E-state index in [-0.39, 0.29) is 24.2 Å². The van der Waals surface area contributed by atoms with Gasteiger partial charge < -0.3 is 19.7 Å². The van der Waals surface area contributed by atoms with E-state index in [0.29, 0.717) is 22.9 Å². The Morgan fingerprint density at radius 3 is 2.14 bits per heavy atom. The summed E-state index contributed by atoms with van der Waals surface area (Å²) in [4.78, 5) is 28.3. The van der Waals surface area contributed by atoms with Gasteiger partial charge in [-0.15, -0.1) is 0 Å². The summed E-state index contributed by atoms with van der Waals surface area (Å²) in [5, 5.41) is 3.48. The van der Waals surface area contributed by atoms with E-state index in [4.69, 9.17) is 21.1 Å². The molecule has 1 N–H and O–H groups in total. The summed E-state index contributed by atoms with van der Waals surface area (Å²) in [7, 11) is -0.964. The fraction of sp³-hybridized carbons (Fsp3) is 0.462. The molecule has 2 atom stereocenters. The summed E-state index contributed by atoms with van der Waals surface area (Å²) < 4.78 is 37.1. The van der Waals surface area contributed by atoms with E-state index >= 15 is 0 Å². The van der Waals surface area contributed by atoms with Crippen LogP contribution >= 0.6 is 11.6 Å². The molecule has 204 valence electrons. The number of rotatable bonds is 13. The molecule has 2 amide bonds. The number of hydrogen-bond donors (Lipinski definition) is 1. The number of carbonyl (C=O) groups excluding carboxylic acids is 2. The molecule has 0 fully saturated rings. The number of anilines is 1. The highest BCUT2D eigenvalue weighted by atomic mass is 35.5. The zero-order chi connectivity index (χ0) is 27.8. The number of sulfonamides is 1. The van der Waals surface area contributed by atoms with Crippen molar-refractivity contribution in [3.05, 3.63) is 53.1 Å². The van der Waals surface area contributed by atoms with Crippen LogP contribution in [0.15, 0.2) is 42.5 Å². The van der Waals surface area contributed by atoms with Crippen LogP contribution in [0.1, 0.15) is 39.2 Å². The van der Waals surface area contributed by atoms with E-state index in [2.05, 4.69) is 5.32 Å². The summed E-state index contributed by atoms with van der Waals surface area (Å²) >= 11 is 6.02. The standard InChI is InChI=1S/C26H36ClN3O6S/c1-7-18(3)28-26(32)22(8-2)29(16-19-9-11-20(27)12-10-19)25(31)17-30(37(6,33)34)21-13-14-23(35-4)24(15-21)36-5/h9-15,18,22H,7-8,16-17H2,1-6H3,(H,28,32). The molecule has 0 radical (unpaired) electrons. The maximum absolute atomic E-state index is 13.7. The summed E-state index contributed by atoms with van der Waals surface area (Å²) in [5.74, 6) is -0.0841. The Morgan fingerprint density at radius 2 is 1.62 bits per heavy atom. The zero-order valence-corrected chi connectivity index (χ0v) is 23.7. The zero-order valence-electron chi connectivity index (χ0n) is 22.2. The second-order valence-electron chi connectivity index (χ2n) is 8.70. The Balaban J connectivity index is 2.48. The Morgan fingerprint density at radius 1 is 1.00 bits per heavy atom. The van der Waals surface area contributed by atoms with E-state index < -0.39 is 28.5 Å². The van der Waals surface area contributed by atoms with Crippen molar-refractivity contribution in [3.8, 4) is 11.5 Å². The van der Waals surface area contributed by atoms with Crippen LogP contribution in [-0.2, 0) is 26.2 Å². The van der Waals surface area contributed by atoms with Crippen molar-refractivity contribution in [2.24, 2.45) is 0 Å². The molecule has 2 aromatic carbocycles. The van der Waals surface area contributed by atoms with E-state index in [0.717, 1.165) is 22.5 Å². The van der Waals surface area contributed by atoms with Crippen molar-refractivity contribution in [2.75, 3.05) is 31.3 Å². The van der Waals surface area contributed by atoms with Crippen LogP contribution in [0.2, 0.25) is 5.02 Å². The monoisotopic (exact) mass is 553 g/mol. The van der Waals surface area contributed by atoms with Crippen LogP contribution in [-0.4, -0.2) is 64.2 Å². The molecular formula is C26H36ClN3O6S. The number of ether oxygens (including phenoxy) is 2. The Kier molecular flexibility index (Phi) is 11.1. The molecular weight excluding hydrogens is 518 g/mol. The predicted octanol–water partition coefficient (Wildman–Crippen LogP) is 3.85. The lowest BCUT2D eigenvalue weighted by Crippen LogP contribution is -2.53. The van der Waals surface area contributed by atoms with E-state index in [1.54, 1.807) is 30.3 Å². The molecule has 2 rings (SSSR count). The number of nitrogens with one attached hydrogen (secondary N) is 1. The minimum absolute atomic E-state index is 0.0756. The lowest BCUT2D eigenvalue weighted by atomic mass is 10.1. The third kappa shape index (κ3) is 8.26. The van der Waals surface area contributed by atoms with Crippen molar-refractivity contribution < 1.29 is 27.5 Å². The van der Waals surface area contributed by atoms with Crippen molar-refractivity contribution in [2.45, 2.75) is 52.2 Å². The Labute approximate surface area is 224 Å². The van der Waals surface area contributed by atoms with Gasteiger partial charge in [0.25, 0.3) is 0 Å². The third-order valence-corrected chi connectivity index (χ3v) is 7.38. The highest BCUT2D eigenvalue weighted by Crippen LogP contribution is 2.32. The number of methoxy groups -OCH3 is 2. The van der Waals surface area contributed by atoms with Gasteiger partial charge in [-0.3, -0.25) is 13.9 Å². The quantitative estimate of drug-likeness (QED) is 0.404. The average molecular weight is 554 g/mol. The second-order valence-corrected chi connectivity index (χ2v) is 11.0. The average Bonchev–Trinajstić information content (AvgIpc) is 2.86. The highest BCUT2D eigenvalue weighted by molar-refractivity contribution is 7.92. The molecule has 2 unspecified atom stereocenters. The topological polar surface area (TPSA) is 105 Å². The van der Waals surface area contributed by atoms with Crippen LogP contribution in [0.5, 0.6) is 11.5 Å². The summed E-state index contributed by atoms with van der Waals surface area (Å²) in [6.45, 7) is 5.25. The van der Waals surface area contributed by atoms with Gasteiger partial charge in [0.05, 0.1) is 26.2 Å². The number of amides is 2. The maximum Gasteiger partial charge on any atom is 0.244 e. The fourth-order valence-electron chi connectivity index (χ4n) is 3.74. The summed E-state index contributed by atoms with van der Waals surface area (Å²) in [6.07, 6.45) is 2.10. The van der Waals surface area contributed by atoms with Gasteiger partial charge in [0.1, 0.15) is 12.6 Å². The fourth-order valence-corrected chi connectivity index (χ4v) is 4.71. The minimum atomic E-state index is -3.87. The second kappa shape index (κ2) is 13.5. The lowest BCUT2D eigenvalue weighted by molar-refractivity contribution is -0.140. The molecule has 0 aliphatic rings. The van der Waals surface area contributed by atoms with E-state index in [9.17, 15) is 18.0 Å². The van der Waals surface area contributed by atoms with Gasteiger partial charge in [-0.2, -0.15) is 0 Å². The van der Waals surface area contributed by atoms with Crippen LogP contribution in [0.25, 0.3) is 0 Å². The molecule has 0 aliphatic carbocycles. The first kappa shape index (κ1) is 30.2. The van der Waals surface area contributed by atoms with Gasteiger partial charge in [0.2, 0.25) is 21.8 Å². The van der Waals surface area contributed by atoms with Gasteiger partial charge in [-0.25, -0.2) is 8.42 Å². The molecule has 0 aromatic heterocycles. The summed E-state index contributed by atoms with van der Waals surface area (Å²) in [6, 6.07) is 10.7. The minimum Gasteiger partial charge on any atom is -0.493 e. The molecule has 2 aromatic rings. The van der Waals surface area contributed by atoms with Gasteiger partial charge in [-0.05, 0) is 49.6 Å². The maximum atomic E-state index is 13.7. The molecule has 37 heavy (non-hydrogen) atoms. The van der Waals surface area contributed by atoms with Crippen LogP contribution in [0, 0.1) is 0 Å². The van der Waals surface area contributed by atoms with Crippen molar-refractivity contribution in [1.29, 1.82) is 0 Å². The number of hydrogen-bond acceptors (Lipinski definition) is 6. The highest BCUT2D eigenvalue weighted by Gasteiger charge is 2.32. The van der Waals surface area contributed by atoms with Crippen molar-refractivity contribution >= 4 is 39.1 Å². The molecule has 11 heteroatoms. The molecule has 0 bridgehead atoms. The molecule has 0 aliphatic heterocycles. The normalized spacial score (nSPS) is 12.8. The number of nitrogens with zero attached hydrogens (tertiary/aromatic N) is 2. The van der Waals surface area contributed by atoms with Gasteiger partial charge in [0, 0.05) is 23.7 Å². The van der Waals surface area contributed by atoms with Crippen molar-refractivity contribution in [1.82, 2.24) is 10.2 Å². The predicted molar refractivity (Wildman–Crippen MR) is 146 cm³/mol. The Bertz CT molecular complexity index is 1170. The van der Waals surface area contributed by atoms with Crippen molar-refractivity contribution in [3.63, 3.8) is 0 Å². The van der Waals surface area contributed by atoms with Crippen LogP contribution in [0.3, 0.4) is 0 Å². The third-order valence-electron chi connectivity index (χ3n) is 5.99. The van der Waals surface area contributed by atoms with E-state index in [1.165, 1.54) is 31.3 Å². The largest absolute Gasteiger partial charge is 0.493 e. The van der Waals surface area contributed by atoms with Crippen LogP contribution < -0.4 is 19.1 Å². The van der Waals surface area contributed by atoms with Gasteiger partial charge >= 0.3 is 0 Å². The van der Waals surface area contributed by atoms with Gasteiger partial charge in [-0.1, -0.05) is 37.6 Å². The molecule has 0 spiro atoms. The number of halogens is 1. The lowest BCUT2D eigenvalue weighted by Gasteiger charge is -2.33. The molecule has 0 saturated heterocycles. The molecule has 0 heterocycles. The SMILES string of the molecule is CCC(C)NC(=O)C(CC)N(Cc1ccc(Cl)cc1)C(=O)CN(c1ccc(OC)c(OC)c1)S(C)(=O)=O. The first-order valence-electron chi connectivity index (χ1n) is 12.0. The smallest absolute Gasteiger partial charge is 0.244 e. The first-order chi connectivity index (χ1) is 17.4. The Hall–Kier alpha value is -2.98. The van der Waals surface area contributed by atoms with Gasteiger partial charge in [0.15, 0.2) is 11.5 Å². The first-order valence-corrected chi connectivity index (χ1v) is 14.2. The van der Waals surface area contributed by atoms with E-state index in [1.807, 2.05) is 20.8 Å². The molecule has 0 saturated carbocycles. The number of benzene rings is 2. The van der Waals surface area contributed by atoms with Crippen LogP contribution in [0.4, 0.5) is 5.69 Å². The number of carbonyl (C=O) groups is 2. The summed E-state index contributed by atoms with van der Waals surface area (Å²) in [5.41, 5.74) is 0.988.